The molecule has 0 amide bonds. The Morgan fingerprint density at radius 3 is 1.85 bits per heavy atom. The van der Waals surface area contributed by atoms with Crippen molar-refractivity contribution in [3.8, 4) is 0 Å². The molecule has 0 radical (unpaired) electrons. The van der Waals surface area contributed by atoms with Crippen LogP contribution < -0.4 is 0 Å². The van der Waals surface area contributed by atoms with Gasteiger partial charge in [0.05, 0.1) is 5.92 Å². The van der Waals surface area contributed by atoms with Gasteiger partial charge in [-0.05, 0) is 6.92 Å². The molecule has 6 heteroatoms. The summed E-state index contributed by atoms with van der Waals surface area (Å²) in [4.78, 5) is 0. The highest BCUT2D eigenvalue weighted by Crippen LogP contribution is 2.43. The van der Waals surface area contributed by atoms with E-state index in [-0.39, 0.29) is 0 Å². The molecule has 0 fully saturated rings. The lowest BCUT2D eigenvalue weighted by atomic mass is 10.0. The monoisotopic (exact) mass is 204 g/mol. The molecule has 0 aromatic heterocycles. The normalized spacial score (nSPS) is 15.0. The zero-order valence-electron chi connectivity index (χ0n) is 6.55. The molecule has 1 atom stereocenters. The first-order valence-electron chi connectivity index (χ1n) is 3.14. The van der Waals surface area contributed by atoms with Gasteiger partial charge in [-0.2, -0.15) is 22.0 Å². The molecule has 0 saturated heterocycles. The Morgan fingerprint density at radius 2 is 1.62 bits per heavy atom. The number of hydrogen-bond acceptors (Lipinski definition) is 0. The Labute approximate surface area is 70.5 Å². The van der Waals surface area contributed by atoms with Gasteiger partial charge in [0, 0.05) is 0 Å². The number of alkyl halides is 5. The summed E-state index contributed by atoms with van der Waals surface area (Å²) in [6.07, 6.45) is -5.76. The Morgan fingerprint density at radius 1 is 1.23 bits per heavy atom. The highest BCUT2D eigenvalue weighted by molar-refractivity contribution is 5.01. The SMILES string of the molecule is C=C=C(F)C(C)C(F)(F)C(F)(F)F. The molecule has 0 aromatic rings. The van der Waals surface area contributed by atoms with E-state index in [1.165, 1.54) is 5.73 Å². The Balaban J connectivity index is 4.96. The largest absolute Gasteiger partial charge is 0.454 e. The van der Waals surface area contributed by atoms with Crippen molar-refractivity contribution >= 4 is 0 Å². The van der Waals surface area contributed by atoms with Gasteiger partial charge in [0.2, 0.25) is 0 Å². The van der Waals surface area contributed by atoms with Crippen molar-refractivity contribution in [2.45, 2.75) is 19.0 Å². The average Bonchev–Trinajstić information content (AvgIpc) is 1.99. The third kappa shape index (κ3) is 2.28. The van der Waals surface area contributed by atoms with Gasteiger partial charge in [-0.25, -0.2) is 4.39 Å². The predicted molar refractivity (Wildman–Crippen MR) is 33.9 cm³/mol. The van der Waals surface area contributed by atoms with E-state index >= 15 is 0 Å². The van der Waals surface area contributed by atoms with Crippen molar-refractivity contribution < 1.29 is 26.3 Å². The number of hydrogen-bond donors (Lipinski definition) is 0. The molecule has 0 aliphatic rings. The van der Waals surface area contributed by atoms with Gasteiger partial charge in [0.15, 0.2) is 5.83 Å². The molecule has 0 rings (SSSR count). The first kappa shape index (κ1) is 12.1. The molecular formula is C7H6F6. The van der Waals surface area contributed by atoms with Gasteiger partial charge in [0.1, 0.15) is 0 Å². The fraction of sp³-hybridized carbons (Fsp3) is 0.571. The van der Waals surface area contributed by atoms with Crippen molar-refractivity contribution in [1.82, 2.24) is 0 Å². The molecule has 76 valence electrons. The Bertz CT molecular complexity index is 232. The van der Waals surface area contributed by atoms with E-state index in [1.807, 2.05) is 0 Å². The Kier molecular flexibility index (Phi) is 3.22. The molecule has 13 heavy (non-hydrogen) atoms. The average molecular weight is 204 g/mol. The van der Waals surface area contributed by atoms with Crippen LogP contribution >= 0.6 is 0 Å². The minimum Gasteiger partial charge on any atom is -0.202 e. The van der Waals surface area contributed by atoms with E-state index in [4.69, 9.17) is 0 Å². The van der Waals surface area contributed by atoms with Gasteiger partial charge < -0.3 is 0 Å². The van der Waals surface area contributed by atoms with Crippen LogP contribution in [0.1, 0.15) is 6.92 Å². The zero-order valence-corrected chi connectivity index (χ0v) is 6.55. The van der Waals surface area contributed by atoms with E-state index in [1.54, 1.807) is 0 Å². The van der Waals surface area contributed by atoms with E-state index < -0.39 is 23.8 Å². The fourth-order valence-electron chi connectivity index (χ4n) is 0.558. The summed E-state index contributed by atoms with van der Waals surface area (Å²) in [5.41, 5.74) is 1.36. The summed E-state index contributed by atoms with van der Waals surface area (Å²) in [5.74, 6) is -9.39. The minimum atomic E-state index is -5.76. The molecule has 0 nitrogen and oxygen atoms in total. The van der Waals surface area contributed by atoms with Crippen LogP contribution in [0.2, 0.25) is 0 Å². The molecule has 1 unspecified atom stereocenters. The van der Waals surface area contributed by atoms with Crippen LogP contribution in [-0.4, -0.2) is 12.1 Å². The molecule has 0 aliphatic heterocycles. The maximum atomic E-state index is 12.3. The molecule has 0 saturated carbocycles. The van der Waals surface area contributed by atoms with Crippen molar-refractivity contribution in [2.24, 2.45) is 5.92 Å². The van der Waals surface area contributed by atoms with Crippen LogP contribution in [0.3, 0.4) is 0 Å². The summed E-state index contributed by atoms with van der Waals surface area (Å²) >= 11 is 0. The van der Waals surface area contributed by atoms with Gasteiger partial charge in [-0.15, -0.1) is 0 Å². The van der Waals surface area contributed by atoms with E-state index in [0.717, 1.165) is 0 Å². The lowest BCUT2D eigenvalue weighted by molar-refractivity contribution is -0.297. The minimum absolute atomic E-state index is 0.418. The van der Waals surface area contributed by atoms with E-state index in [2.05, 4.69) is 6.58 Å². The first-order chi connectivity index (χ1) is 5.64. The van der Waals surface area contributed by atoms with Crippen molar-refractivity contribution in [2.75, 3.05) is 0 Å². The Hall–Kier alpha value is -0.900. The topological polar surface area (TPSA) is 0 Å². The second-order valence-electron chi connectivity index (χ2n) is 2.37. The number of halogens is 6. The van der Waals surface area contributed by atoms with Crippen molar-refractivity contribution in [3.63, 3.8) is 0 Å². The second-order valence-corrected chi connectivity index (χ2v) is 2.37. The predicted octanol–water partition coefficient (Wildman–Crippen LogP) is 3.46. The van der Waals surface area contributed by atoms with Gasteiger partial charge in [-0.3, -0.25) is 0 Å². The summed E-state index contributed by atoms with van der Waals surface area (Å²) in [5, 5.41) is 0. The van der Waals surface area contributed by atoms with Crippen LogP contribution in [-0.2, 0) is 0 Å². The lowest BCUT2D eigenvalue weighted by Crippen LogP contribution is -2.42. The maximum Gasteiger partial charge on any atom is 0.454 e. The third-order valence-electron chi connectivity index (χ3n) is 1.47. The standard InChI is InChI=1S/C7H6F6/c1-3-5(8)4(2)6(9,10)7(11,12)13/h4H,1H2,2H3. The van der Waals surface area contributed by atoms with E-state index in [9.17, 15) is 26.3 Å². The summed E-state index contributed by atoms with van der Waals surface area (Å²) in [6.45, 7) is 3.06. The van der Waals surface area contributed by atoms with Gasteiger partial charge in [0.25, 0.3) is 0 Å². The lowest BCUT2D eigenvalue weighted by Gasteiger charge is -2.23. The molecule has 0 aromatic carbocycles. The smallest absolute Gasteiger partial charge is 0.202 e. The molecule has 0 spiro atoms. The second kappa shape index (κ2) is 3.46. The number of rotatable bonds is 2. The number of allylic oxidation sites excluding steroid dienone is 1. The highest BCUT2D eigenvalue weighted by Gasteiger charge is 2.62. The maximum absolute atomic E-state index is 12.3. The van der Waals surface area contributed by atoms with Crippen LogP contribution in [0.4, 0.5) is 26.3 Å². The molecule has 0 heterocycles. The fourth-order valence-corrected chi connectivity index (χ4v) is 0.558. The highest BCUT2D eigenvalue weighted by atomic mass is 19.4. The quantitative estimate of drug-likeness (QED) is 0.477. The third-order valence-corrected chi connectivity index (χ3v) is 1.47. The summed E-state index contributed by atoms with van der Waals surface area (Å²) in [6, 6.07) is 0. The van der Waals surface area contributed by atoms with Crippen LogP contribution in [0.25, 0.3) is 0 Å². The van der Waals surface area contributed by atoms with E-state index in [0.29, 0.717) is 6.92 Å². The zero-order chi connectivity index (χ0) is 10.9. The van der Waals surface area contributed by atoms with Gasteiger partial charge >= 0.3 is 12.1 Å². The molecule has 0 aliphatic carbocycles. The summed E-state index contributed by atoms with van der Waals surface area (Å²) in [7, 11) is 0. The van der Waals surface area contributed by atoms with Crippen LogP contribution in [0.5, 0.6) is 0 Å². The van der Waals surface area contributed by atoms with Crippen LogP contribution in [0.15, 0.2) is 18.1 Å². The molecular weight excluding hydrogens is 198 g/mol. The molecule has 0 N–H and O–H groups in total. The van der Waals surface area contributed by atoms with Gasteiger partial charge in [-0.1, -0.05) is 12.3 Å². The molecule has 0 bridgehead atoms. The van der Waals surface area contributed by atoms with Crippen LogP contribution in [0, 0.1) is 5.92 Å². The van der Waals surface area contributed by atoms with Crippen molar-refractivity contribution in [3.05, 3.63) is 18.1 Å². The summed E-state index contributed by atoms with van der Waals surface area (Å²) < 4.78 is 71.7. The first-order valence-corrected chi connectivity index (χ1v) is 3.14. The van der Waals surface area contributed by atoms with Crippen molar-refractivity contribution in [1.29, 1.82) is 0 Å².